The number of nitrogens with one attached hydrogen (secondary N) is 1. The van der Waals surface area contributed by atoms with Gasteiger partial charge in [-0.1, -0.05) is 23.2 Å². The van der Waals surface area contributed by atoms with E-state index >= 15 is 0 Å². The Balaban J connectivity index is 2.83. The van der Waals surface area contributed by atoms with Gasteiger partial charge in [0.25, 0.3) is 0 Å². The minimum Gasteiger partial charge on any atom is -0.389 e. The summed E-state index contributed by atoms with van der Waals surface area (Å²) in [7, 11) is -2.40. The van der Waals surface area contributed by atoms with Gasteiger partial charge < -0.3 is 9.84 Å². The molecule has 0 aliphatic carbocycles. The largest absolute Gasteiger partial charge is 0.389 e. The van der Waals surface area contributed by atoms with Crippen LogP contribution in [0.2, 0.25) is 10.0 Å². The van der Waals surface area contributed by atoms with Crippen molar-refractivity contribution < 1.29 is 18.3 Å². The van der Waals surface area contributed by atoms with E-state index in [1.807, 2.05) is 0 Å². The number of hydrogen-bond donors (Lipinski definition) is 2. The standard InChI is InChI=1S/C10H13Cl2NO4S/c1-17-6-8(14)5-13-18(15,16)10-4-7(11)2-3-9(10)12/h2-4,8,13-14H,5-6H2,1H3. The Morgan fingerprint density at radius 3 is 2.72 bits per heavy atom. The Morgan fingerprint density at radius 1 is 1.44 bits per heavy atom. The van der Waals surface area contributed by atoms with E-state index in [2.05, 4.69) is 9.46 Å². The number of aliphatic hydroxyl groups is 1. The molecular weight excluding hydrogens is 301 g/mol. The summed E-state index contributed by atoms with van der Waals surface area (Å²) in [5.41, 5.74) is 0. The lowest BCUT2D eigenvalue weighted by atomic mass is 10.4. The average molecular weight is 314 g/mol. The van der Waals surface area contributed by atoms with Crippen LogP contribution in [-0.4, -0.2) is 39.9 Å². The van der Waals surface area contributed by atoms with Crippen molar-refractivity contribution in [3.8, 4) is 0 Å². The van der Waals surface area contributed by atoms with Gasteiger partial charge in [0.05, 0.1) is 17.7 Å². The molecule has 0 heterocycles. The summed E-state index contributed by atoms with van der Waals surface area (Å²) < 4.78 is 30.7. The van der Waals surface area contributed by atoms with Crippen molar-refractivity contribution in [1.29, 1.82) is 0 Å². The van der Waals surface area contributed by atoms with Crippen LogP contribution in [0.3, 0.4) is 0 Å². The van der Waals surface area contributed by atoms with E-state index < -0.39 is 16.1 Å². The van der Waals surface area contributed by atoms with Gasteiger partial charge in [-0.05, 0) is 18.2 Å². The minimum absolute atomic E-state index is 0.0335. The molecule has 0 aromatic heterocycles. The van der Waals surface area contributed by atoms with Gasteiger partial charge >= 0.3 is 0 Å². The predicted octanol–water partition coefficient (Wildman–Crippen LogP) is 1.28. The first-order chi connectivity index (χ1) is 8.36. The molecule has 1 aromatic rings. The van der Waals surface area contributed by atoms with Crippen LogP contribution in [0.4, 0.5) is 0 Å². The molecule has 0 amide bonds. The third-order valence-corrected chi connectivity index (χ3v) is 4.19. The van der Waals surface area contributed by atoms with E-state index in [0.717, 1.165) is 0 Å². The van der Waals surface area contributed by atoms with Crippen molar-refractivity contribution in [2.45, 2.75) is 11.0 Å². The lowest BCUT2D eigenvalue weighted by Gasteiger charge is -2.12. The quantitative estimate of drug-likeness (QED) is 0.829. The normalized spacial score (nSPS) is 13.6. The molecule has 0 aliphatic rings. The molecule has 8 heteroatoms. The maximum absolute atomic E-state index is 11.9. The topological polar surface area (TPSA) is 75.6 Å². The zero-order valence-corrected chi connectivity index (χ0v) is 11.9. The molecule has 2 N–H and O–H groups in total. The molecule has 1 rings (SSSR count). The highest BCUT2D eigenvalue weighted by atomic mass is 35.5. The molecule has 0 radical (unpaired) electrons. The monoisotopic (exact) mass is 313 g/mol. The summed E-state index contributed by atoms with van der Waals surface area (Å²) in [6, 6.07) is 4.13. The minimum atomic E-state index is -3.81. The highest BCUT2D eigenvalue weighted by molar-refractivity contribution is 7.89. The van der Waals surface area contributed by atoms with Gasteiger partial charge in [-0.15, -0.1) is 0 Å². The van der Waals surface area contributed by atoms with Crippen molar-refractivity contribution in [1.82, 2.24) is 4.72 Å². The lowest BCUT2D eigenvalue weighted by Crippen LogP contribution is -2.34. The fourth-order valence-electron chi connectivity index (χ4n) is 1.22. The highest BCUT2D eigenvalue weighted by Gasteiger charge is 2.19. The number of sulfonamides is 1. The molecule has 0 fully saturated rings. The highest BCUT2D eigenvalue weighted by Crippen LogP contribution is 2.24. The predicted molar refractivity (Wildman–Crippen MR) is 69.5 cm³/mol. The molecule has 18 heavy (non-hydrogen) atoms. The zero-order chi connectivity index (χ0) is 13.8. The summed E-state index contributed by atoms with van der Waals surface area (Å²) >= 11 is 11.5. The maximum atomic E-state index is 11.9. The molecule has 0 saturated heterocycles. The molecule has 1 atom stereocenters. The van der Waals surface area contributed by atoms with Crippen molar-refractivity contribution in [2.75, 3.05) is 20.3 Å². The van der Waals surface area contributed by atoms with E-state index in [-0.39, 0.29) is 28.1 Å². The van der Waals surface area contributed by atoms with Crippen LogP contribution in [-0.2, 0) is 14.8 Å². The van der Waals surface area contributed by atoms with Crippen LogP contribution >= 0.6 is 23.2 Å². The SMILES string of the molecule is COCC(O)CNS(=O)(=O)c1cc(Cl)ccc1Cl. The molecule has 1 aromatic carbocycles. The first-order valence-electron chi connectivity index (χ1n) is 4.98. The van der Waals surface area contributed by atoms with Crippen molar-refractivity contribution in [3.05, 3.63) is 28.2 Å². The van der Waals surface area contributed by atoms with Gasteiger partial charge in [-0.3, -0.25) is 0 Å². The third-order valence-electron chi connectivity index (χ3n) is 2.05. The molecule has 0 saturated carbocycles. The van der Waals surface area contributed by atoms with Crippen LogP contribution in [0.5, 0.6) is 0 Å². The number of hydrogen-bond acceptors (Lipinski definition) is 4. The summed E-state index contributed by atoms with van der Waals surface area (Å²) in [4.78, 5) is -0.124. The Morgan fingerprint density at radius 2 is 2.11 bits per heavy atom. The van der Waals surface area contributed by atoms with Gasteiger partial charge in [-0.25, -0.2) is 13.1 Å². The Kier molecular flexibility index (Phi) is 5.84. The van der Waals surface area contributed by atoms with E-state index in [1.54, 1.807) is 0 Å². The Bertz CT molecular complexity index is 507. The van der Waals surface area contributed by atoms with E-state index in [1.165, 1.54) is 25.3 Å². The van der Waals surface area contributed by atoms with Crippen molar-refractivity contribution in [2.24, 2.45) is 0 Å². The fraction of sp³-hybridized carbons (Fsp3) is 0.400. The Labute approximate surface area is 116 Å². The number of rotatable bonds is 6. The molecule has 0 bridgehead atoms. The van der Waals surface area contributed by atoms with Crippen LogP contribution < -0.4 is 4.72 Å². The number of halogens is 2. The maximum Gasteiger partial charge on any atom is 0.242 e. The third kappa shape index (κ3) is 4.38. The molecule has 0 spiro atoms. The summed E-state index contributed by atoms with van der Waals surface area (Å²) in [5, 5.41) is 9.70. The number of benzene rings is 1. The van der Waals surface area contributed by atoms with Gasteiger partial charge in [0, 0.05) is 18.7 Å². The molecule has 1 unspecified atom stereocenters. The second-order valence-electron chi connectivity index (χ2n) is 3.54. The molecule has 0 aliphatic heterocycles. The smallest absolute Gasteiger partial charge is 0.242 e. The molecule has 5 nitrogen and oxygen atoms in total. The van der Waals surface area contributed by atoms with Crippen LogP contribution in [0.15, 0.2) is 23.1 Å². The summed E-state index contributed by atoms with van der Waals surface area (Å²) in [6.07, 6.45) is -0.928. The van der Waals surface area contributed by atoms with E-state index in [0.29, 0.717) is 0 Å². The lowest BCUT2D eigenvalue weighted by molar-refractivity contribution is 0.0679. The number of aliphatic hydroxyl groups excluding tert-OH is 1. The summed E-state index contributed by atoms with van der Waals surface area (Å²) in [5.74, 6) is 0. The number of methoxy groups -OCH3 is 1. The van der Waals surface area contributed by atoms with Crippen LogP contribution in [0.1, 0.15) is 0 Å². The average Bonchev–Trinajstić information content (AvgIpc) is 2.30. The Hall–Kier alpha value is -0.370. The first kappa shape index (κ1) is 15.7. The van der Waals surface area contributed by atoms with E-state index in [9.17, 15) is 13.5 Å². The molecule has 102 valence electrons. The van der Waals surface area contributed by atoms with Gasteiger partial charge in [-0.2, -0.15) is 0 Å². The zero-order valence-electron chi connectivity index (χ0n) is 9.56. The summed E-state index contributed by atoms with van der Waals surface area (Å²) in [6.45, 7) is -0.134. The fourth-order valence-corrected chi connectivity index (χ4v) is 3.05. The second kappa shape index (κ2) is 6.70. The number of ether oxygens (including phenoxy) is 1. The van der Waals surface area contributed by atoms with Gasteiger partial charge in [0.15, 0.2) is 0 Å². The first-order valence-corrected chi connectivity index (χ1v) is 7.22. The van der Waals surface area contributed by atoms with Gasteiger partial charge in [0.1, 0.15) is 4.90 Å². The second-order valence-corrected chi connectivity index (χ2v) is 6.11. The van der Waals surface area contributed by atoms with Gasteiger partial charge in [0.2, 0.25) is 10.0 Å². The molecular formula is C10H13Cl2NO4S. The van der Waals surface area contributed by atoms with E-state index in [4.69, 9.17) is 23.2 Å². The van der Waals surface area contributed by atoms with Crippen LogP contribution in [0.25, 0.3) is 0 Å². The van der Waals surface area contributed by atoms with Crippen LogP contribution in [0, 0.1) is 0 Å². The van der Waals surface area contributed by atoms with Crippen molar-refractivity contribution >= 4 is 33.2 Å². The van der Waals surface area contributed by atoms with Crippen molar-refractivity contribution in [3.63, 3.8) is 0 Å².